The van der Waals surface area contributed by atoms with Gasteiger partial charge in [0.1, 0.15) is 0 Å². The van der Waals surface area contributed by atoms with E-state index in [0.717, 1.165) is 5.56 Å². The van der Waals surface area contributed by atoms with Crippen molar-refractivity contribution in [2.45, 2.75) is 20.8 Å². The minimum atomic E-state index is 0.421. The quantitative estimate of drug-likeness (QED) is 0.658. The largest absolute Gasteiger partial charge is 0.490 e. The molecule has 0 aliphatic carbocycles. The van der Waals surface area contributed by atoms with Gasteiger partial charge in [-0.3, -0.25) is 0 Å². The molecule has 114 valence electrons. The average molecular weight is 404 g/mol. The van der Waals surface area contributed by atoms with Gasteiger partial charge in [0.15, 0.2) is 11.5 Å². The minimum Gasteiger partial charge on any atom is -0.490 e. The van der Waals surface area contributed by atoms with E-state index in [-0.39, 0.29) is 0 Å². The molecule has 0 aliphatic rings. The van der Waals surface area contributed by atoms with Crippen LogP contribution in [0.25, 0.3) is 11.5 Å². The number of hydrogen-bond donors (Lipinski definition) is 0. The van der Waals surface area contributed by atoms with Crippen molar-refractivity contribution in [2.75, 3.05) is 19.8 Å². The van der Waals surface area contributed by atoms with Crippen LogP contribution in [-0.2, 0) is 0 Å². The molecule has 0 radical (unpaired) electrons. The zero-order valence-electron chi connectivity index (χ0n) is 12.2. The molecule has 6 nitrogen and oxygen atoms in total. The van der Waals surface area contributed by atoms with Gasteiger partial charge in [0.25, 0.3) is 3.90 Å². The van der Waals surface area contributed by atoms with Crippen molar-refractivity contribution < 1.29 is 18.6 Å². The predicted molar refractivity (Wildman–Crippen MR) is 86.0 cm³/mol. The number of hydrogen-bond acceptors (Lipinski definition) is 6. The first-order chi connectivity index (χ1) is 10.2. The molecule has 0 atom stereocenters. The Bertz CT molecular complexity index is 573. The fraction of sp³-hybridized carbons (Fsp3) is 0.429. The summed E-state index contributed by atoms with van der Waals surface area (Å²) in [5.41, 5.74) is 0.737. The van der Waals surface area contributed by atoms with Crippen LogP contribution in [0.5, 0.6) is 17.2 Å². The minimum absolute atomic E-state index is 0.421. The third-order valence-corrected chi connectivity index (χ3v) is 2.99. The Morgan fingerprint density at radius 2 is 1.52 bits per heavy atom. The topological polar surface area (TPSA) is 66.6 Å². The van der Waals surface area contributed by atoms with Gasteiger partial charge in [-0.1, -0.05) is 0 Å². The molecule has 0 N–H and O–H groups in total. The monoisotopic (exact) mass is 404 g/mol. The molecule has 7 heteroatoms. The second-order valence-corrected chi connectivity index (χ2v) is 4.88. The van der Waals surface area contributed by atoms with E-state index in [1.807, 2.05) is 55.5 Å². The first-order valence-electron chi connectivity index (χ1n) is 6.75. The smallest absolute Gasteiger partial charge is 0.278 e. The second kappa shape index (κ2) is 7.48. The third kappa shape index (κ3) is 3.78. The summed E-state index contributed by atoms with van der Waals surface area (Å²) >= 11 is 1.97. The Kier molecular flexibility index (Phi) is 5.66. The Labute approximate surface area is 136 Å². The van der Waals surface area contributed by atoms with Gasteiger partial charge in [-0.15, -0.1) is 10.2 Å². The van der Waals surface area contributed by atoms with Gasteiger partial charge in [-0.2, -0.15) is 0 Å². The number of nitrogens with zero attached hydrogens (tertiary/aromatic N) is 2. The van der Waals surface area contributed by atoms with Crippen LogP contribution >= 0.6 is 22.6 Å². The van der Waals surface area contributed by atoms with Crippen molar-refractivity contribution in [3.8, 4) is 28.7 Å². The molecular weight excluding hydrogens is 387 g/mol. The molecule has 21 heavy (non-hydrogen) atoms. The summed E-state index contributed by atoms with van der Waals surface area (Å²) < 4.78 is 22.9. The first-order valence-corrected chi connectivity index (χ1v) is 7.83. The summed E-state index contributed by atoms with van der Waals surface area (Å²) in [7, 11) is 0. The Morgan fingerprint density at radius 1 is 0.952 bits per heavy atom. The molecule has 2 aromatic rings. The summed E-state index contributed by atoms with van der Waals surface area (Å²) in [4.78, 5) is 0. The molecule has 0 fully saturated rings. The van der Waals surface area contributed by atoms with Crippen LogP contribution in [0.2, 0.25) is 0 Å². The van der Waals surface area contributed by atoms with Crippen LogP contribution in [0.4, 0.5) is 0 Å². The van der Waals surface area contributed by atoms with Crippen molar-refractivity contribution in [3.05, 3.63) is 16.0 Å². The van der Waals surface area contributed by atoms with Crippen molar-refractivity contribution in [1.82, 2.24) is 10.2 Å². The van der Waals surface area contributed by atoms with Crippen molar-refractivity contribution in [3.63, 3.8) is 0 Å². The van der Waals surface area contributed by atoms with E-state index in [0.29, 0.717) is 46.9 Å². The molecule has 1 aromatic carbocycles. The molecule has 0 spiro atoms. The maximum atomic E-state index is 5.65. The van der Waals surface area contributed by atoms with E-state index >= 15 is 0 Å². The highest BCUT2D eigenvalue weighted by molar-refractivity contribution is 14.1. The van der Waals surface area contributed by atoms with Gasteiger partial charge in [0.05, 0.1) is 19.8 Å². The van der Waals surface area contributed by atoms with E-state index in [2.05, 4.69) is 10.2 Å². The van der Waals surface area contributed by atoms with E-state index in [4.69, 9.17) is 18.6 Å². The Balaban J connectivity index is 2.51. The number of benzene rings is 1. The Morgan fingerprint density at radius 3 is 1.95 bits per heavy atom. The second-order valence-electron chi connectivity index (χ2n) is 3.96. The SMILES string of the molecule is CCOc1cc(-c2nnc(I)o2)cc(OCC)c1OCC. The van der Waals surface area contributed by atoms with Crippen LogP contribution in [-0.4, -0.2) is 30.0 Å². The van der Waals surface area contributed by atoms with E-state index in [9.17, 15) is 0 Å². The zero-order chi connectivity index (χ0) is 15.2. The molecule has 2 rings (SSSR count). The summed E-state index contributed by atoms with van der Waals surface area (Å²) in [6.07, 6.45) is 0. The number of ether oxygens (including phenoxy) is 3. The maximum absolute atomic E-state index is 5.65. The highest BCUT2D eigenvalue weighted by atomic mass is 127. The number of aromatic nitrogens is 2. The van der Waals surface area contributed by atoms with Gasteiger partial charge < -0.3 is 18.6 Å². The molecule has 0 saturated carbocycles. The van der Waals surface area contributed by atoms with Crippen LogP contribution in [0.3, 0.4) is 0 Å². The van der Waals surface area contributed by atoms with Crippen LogP contribution < -0.4 is 14.2 Å². The standard InChI is InChI=1S/C14H17IN2O4/c1-4-18-10-7-9(13-16-17-14(15)21-13)8-11(19-5-2)12(10)20-6-3/h7-8H,4-6H2,1-3H3. The van der Waals surface area contributed by atoms with Gasteiger partial charge >= 0.3 is 0 Å². The molecule has 1 aromatic heterocycles. The Hall–Kier alpha value is -1.51. The third-order valence-electron chi connectivity index (χ3n) is 2.56. The summed E-state index contributed by atoms with van der Waals surface area (Å²) in [5, 5.41) is 7.85. The summed E-state index contributed by atoms with van der Waals surface area (Å²) in [5.74, 6) is 2.23. The van der Waals surface area contributed by atoms with Crippen LogP contribution in [0, 0.1) is 3.90 Å². The van der Waals surface area contributed by atoms with Crippen molar-refractivity contribution in [1.29, 1.82) is 0 Å². The molecule has 0 amide bonds. The van der Waals surface area contributed by atoms with E-state index < -0.39 is 0 Å². The number of halogens is 1. The molecular formula is C14H17IN2O4. The lowest BCUT2D eigenvalue weighted by Crippen LogP contribution is -2.03. The lowest BCUT2D eigenvalue weighted by Gasteiger charge is -2.16. The molecule has 0 saturated heterocycles. The highest BCUT2D eigenvalue weighted by Crippen LogP contribution is 2.41. The maximum Gasteiger partial charge on any atom is 0.278 e. The normalized spacial score (nSPS) is 10.5. The lowest BCUT2D eigenvalue weighted by atomic mass is 10.2. The molecule has 0 aliphatic heterocycles. The van der Waals surface area contributed by atoms with Crippen LogP contribution in [0.15, 0.2) is 16.5 Å². The molecule has 0 unspecified atom stereocenters. The predicted octanol–water partition coefficient (Wildman–Crippen LogP) is 3.54. The summed E-state index contributed by atoms with van der Waals surface area (Å²) in [6, 6.07) is 3.64. The van der Waals surface area contributed by atoms with Gasteiger partial charge in [0.2, 0.25) is 11.6 Å². The van der Waals surface area contributed by atoms with E-state index in [1.54, 1.807) is 0 Å². The van der Waals surface area contributed by atoms with Crippen molar-refractivity contribution in [2.24, 2.45) is 0 Å². The van der Waals surface area contributed by atoms with Gasteiger partial charge in [-0.25, -0.2) is 0 Å². The fourth-order valence-corrected chi connectivity index (χ4v) is 2.15. The number of rotatable bonds is 7. The molecule has 0 bridgehead atoms. The lowest BCUT2D eigenvalue weighted by molar-refractivity contribution is 0.261. The molecule has 1 heterocycles. The fourth-order valence-electron chi connectivity index (χ4n) is 1.83. The zero-order valence-corrected chi connectivity index (χ0v) is 14.3. The van der Waals surface area contributed by atoms with Gasteiger partial charge in [0, 0.05) is 28.2 Å². The van der Waals surface area contributed by atoms with Crippen LogP contribution in [0.1, 0.15) is 20.8 Å². The first kappa shape index (κ1) is 15.9. The average Bonchev–Trinajstić information content (AvgIpc) is 2.89. The van der Waals surface area contributed by atoms with Crippen molar-refractivity contribution >= 4 is 22.6 Å². The van der Waals surface area contributed by atoms with Gasteiger partial charge in [-0.05, 0) is 32.9 Å². The highest BCUT2D eigenvalue weighted by Gasteiger charge is 2.18. The summed E-state index contributed by atoms with van der Waals surface area (Å²) in [6.45, 7) is 7.32. The van der Waals surface area contributed by atoms with E-state index in [1.165, 1.54) is 0 Å².